The fraction of sp³-hybridized carbons (Fsp3) is 0.120. The molecule has 0 saturated heterocycles. The van der Waals surface area contributed by atoms with Gasteiger partial charge >= 0.3 is 5.97 Å². The second-order valence-electron chi connectivity index (χ2n) is 7.02. The number of hydrogen-bond donors (Lipinski definition) is 0. The third-order valence-electron chi connectivity index (χ3n) is 4.62. The van der Waals surface area contributed by atoms with E-state index in [9.17, 15) is 9.18 Å². The van der Waals surface area contributed by atoms with Crippen molar-refractivity contribution in [3.05, 3.63) is 98.4 Å². The largest absolute Gasteiger partial charge is 0.490 e. The number of nitrogens with zero attached hydrogens (tertiary/aromatic N) is 1. The maximum atomic E-state index is 13.5. The summed E-state index contributed by atoms with van der Waals surface area (Å²) in [6.07, 6.45) is 1.57. The van der Waals surface area contributed by atoms with E-state index in [1.807, 2.05) is 19.1 Å². The number of carbonyl (C=O) groups is 1. The number of ether oxygens (including phenoxy) is 3. The Balaban J connectivity index is 1.61. The van der Waals surface area contributed by atoms with Gasteiger partial charge in [0.15, 0.2) is 17.2 Å². The summed E-state index contributed by atoms with van der Waals surface area (Å²) in [5.74, 6) is 0.0348. The molecule has 0 aliphatic carbocycles. The van der Waals surface area contributed by atoms with Crippen molar-refractivity contribution in [3.8, 4) is 11.5 Å². The Kier molecular flexibility index (Phi) is 7.11. The van der Waals surface area contributed by atoms with E-state index in [0.717, 1.165) is 5.56 Å². The van der Waals surface area contributed by atoms with Crippen molar-refractivity contribution in [1.82, 2.24) is 0 Å². The Morgan fingerprint density at radius 3 is 2.64 bits per heavy atom. The lowest BCUT2D eigenvalue weighted by atomic mass is 10.1. The van der Waals surface area contributed by atoms with Gasteiger partial charge in [-0.05, 0) is 82.5 Å². The van der Waals surface area contributed by atoms with Crippen LogP contribution in [0.3, 0.4) is 0 Å². The van der Waals surface area contributed by atoms with Crippen molar-refractivity contribution in [1.29, 1.82) is 0 Å². The Morgan fingerprint density at radius 2 is 1.91 bits per heavy atom. The average molecular weight is 531 g/mol. The highest BCUT2D eigenvalue weighted by Crippen LogP contribution is 2.38. The number of rotatable bonds is 7. The van der Waals surface area contributed by atoms with Crippen LogP contribution >= 0.6 is 27.5 Å². The molecule has 0 unspecified atom stereocenters. The van der Waals surface area contributed by atoms with E-state index in [1.54, 1.807) is 36.4 Å². The van der Waals surface area contributed by atoms with Crippen LogP contribution in [-0.4, -0.2) is 18.5 Å². The number of benzene rings is 3. The molecule has 8 heteroatoms. The van der Waals surface area contributed by atoms with Gasteiger partial charge in [-0.25, -0.2) is 14.2 Å². The van der Waals surface area contributed by atoms with E-state index >= 15 is 0 Å². The van der Waals surface area contributed by atoms with Crippen LogP contribution in [0.25, 0.3) is 6.08 Å². The first kappa shape index (κ1) is 23.0. The molecule has 5 nitrogen and oxygen atoms in total. The Morgan fingerprint density at radius 1 is 1.12 bits per heavy atom. The van der Waals surface area contributed by atoms with Gasteiger partial charge in [0, 0.05) is 10.6 Å². The predicted octanol–water partition coefficient (Wildman–Crippen LogP) is 6.56. The lowest BCUT2D eigenvalue weighted by molar-refractivity contribution is -0.129. The summed E-state index contributed by atoms with van der Waals surface area (Å²) in [5.41, 5.74) is 2.08. The number of aliphatic imine (C=N–C) groups is 1. The monoisotopic (exact) mass is 529 g/mol. The third-order valence-corrected chi connectivity index (χ3v) is 5.46. The first-order valence-corrected chi connectivity index (χ1v) is 11.2. The maximum Gasteiger partial charge on any atom is 0.363 e. The first-order valence-electron chi connectivity index (χ1n) is 10.0. The summed E-state index contributed by atoms with van der Waals surface area (Å²) < 4.78 is 31.1. The molecular formula is C25H18BrClFNO4. The highest BCUT2D eigenvalue weighted by molar-refractivity contribution is 9.10. The maximum absolute atomic E-state index is 13.5. The van der Waals surface area contributed by atoms with E-state index in [4.69, 9.17) is 25.8 Å². The molecule has 1 aliphatic heterocycles. The van der Waals surface area contributed by atoms with Crippen molar-refractivity contribution in [2.75, 3.05) is 6.61 Å². The van der Waals surface area contributed by atoms with E-state index in [-0.39, 0.29) is 11.6 Å². The fourth-order valence-corrected chi connectivity index (χ4v) is 3.82. The van der Waals surface area contributed by atoms with Gasteiger partial charge in [-0.1, -0.05) is 29.8 Å². The zero-order valence-corrected chi connectivity index (χ0v) is 19.8. The molecule has 0 radical (unpaired) electrons. The van der Waals surface area contributed by atoms with Crippen LogP contribution in [0.15, 0.2) is 75.8 Å². The normalized spacial score (nSPS) is 14.2. The molecule has 0 bridgehead atoms. The smallest absolute Gasteiger partial charge is 0.363 e. The van der Waals surface area contributed by atoms with Gasteiger partial charge < -0.3 is 14.2 Å². The average Bonchev–Trinajstić information content (AvgIpc) is 3.15. The van der Waals surface area contributed by atoms with Crippen molar-refractivity contribution < 1.29 is 23.4 Å². The highest BCUT2D eigenvalue weighted by Gasteiger charge is 2.25. The second kappa shape index (κ2) is 10.2. The van der Waals surface area contributed by atoms with Gasteiger partial charge in [-0.15, -0.1) is 0 Å². The third kappa shape index (κ3) is 5.61. The fourth-order valence-electron chi connectivity index (χ4n) is 3.12. The lowest BCUT2D eigenvalue weighted by Crippen LogP contribution is -2.05. The molecule has 0 amide bonds. The molecule has 3 aromatic carbocycles. The molecule has 168 valence electrons. The van der Waals surface area contributed by atoms with Crippen LogP contribution in [0.5, 0.6) is 11.5 Å². The Bertz CT molecular complexity index is 1260. The van der Waals surface area contributed by atoms with Crippen LogP contribution in [-0.2, 0) is 16.1 Å². The lowest BCUT2D eigenvalue weighted by Gasteiger charge is -2.15. The van der Waals surface area contributed by atoms with Gasteiger partial charge in [-0.2, -0.15) is 0 Å². The van der Waals surface area contributed by atoms with Crippen LogP contribution in [0.4, 0.5) is 4.39 Å². The summed E-state index contributed by atoms with van der Waals surface area (Å²) in [4.78, 5) is 16.5. The van der Waals surface area contributed by atoms with Gasteiger partial charge in [0.05, 0.1) is 11.1 Å². The Labute approximate surface area is 203 Å². The number of halogens is 3. The minimum Gasteiger partial charge on any atom is -0.490 e. The van der Waals surface area contributed by atoms with Crippen molar-refractivity contribution >= 4 is 45.5 Å². The van der Waals surface area contributed by atoms with Gasteiger partial charge in [0.1, 0.15) is 12.4 Å². The predicted molar refractivity (Wildman–Crippen MR) is 128 cm³/mol. The zero-order valence-electron chi connectivity index (χ0n) is 17.5. The molecule has 0 aromatic heterocycles. The summed E-state index contributed by atoms with van der Waals surface area (Å²) in [6, 6.07) is 16.6. The van der Waals surface area contributed by atoms with E-state index in [0.29, 0.717) is 45.3 Å². The molecule has 0 fully saturated rings. The number of carbonyl (C=O) groups excluding carboxylic acids is 1. The summed E-state index contributed by atoms with van der Waals surface area (Å²) in [6.45, 7) is 2.61. The molecule has 33 heavy (non-hydrogen) atoms. The van der Waals surface area contributed by atoms with Crippen molar-refractivity contribution in [3.63, 3.8) is 0 Å². The van der Waals surface area contributed by atoms with Crippen LogP contribution in [0.1, 0.15) is 23.6 Å². The molecule has 1 heterocycles. The SMILES string of the molecule is CCOc1cc(/C=C2\N=C(c3cccc(F)c3)OC2=O)cc(Br)c1OCc1ccc(Cl)cc1. The van der Waals surface area contributed by atoms with Gasteiger partial charge in [-0.3, -0.25) is 0 Å². The van der Waals surface area contributed by atoms with E-state index < -0.39 is 11.8 Å². The first-order chi connectivity index (χ1) is 15.9. The molecule has 0 spiro atoms. The molecule has 1 aliphatic rings. The summed E-state index contributed by atoms with van der Waals surface area (Å²) in [7, 11) is 0. The van der Waals surface area contributed by atoms with Crippen LogP contribution in [0, 0.1) is 5.82 Å². The summed E-state index contributed by atoms with van der Waals surface area (Å²) >= 11 is 9.46. The second-order valence-corrected chi connectivity index (χ2v) is 8.32. The quantitative estimate of drug-likeness (QED) is 0.256. The number of hydrogen-bond acceptors (Lipinski definition) is 5. The Hall–Kier alpha value is -3.16. The zero-order chi connectivity index (χ0) is 23.4. The van der Waals surface area contributed by atoms with Gasteiger partial charge in [0.25, 0.3) is 0 Å². The van der Waals surface area contributed by atoms with Crippen molar-refractivity contribution in [2.45, 2.75) is 13.5 Å². The molecule has 0 saturated carbocycles. The van der Waals surface area contributed by atoms with Crippen molar-refractivity contribution in [2.24, 2.45) is 4.99 Å². The highest BCUT2D eigenvalue weighted by atomic mass is 79.9. The van der Waals surface area contributed by atoms with Crippen LogP contribution < -0.4 is 9.47 Å². The molecule has 3 aromatic rings. The van der Waals surface area contributed by atoms with Crippen LogP contribution in [0.2, 0.25) is 5.02 Å². The molecule has 0 atom stereocenters. The van der Waals surface area contributed by atoms with Gasteiger partial charge in [0.2, 0.25) is 5.90 Å². The minimum atomic E-state index is -0.619. The standard InChI is InChI=1S/C25H18BrClFNO4/c1-2-31-22-12-16(10-20(26)23(22)32-14-15-6-8-18(27)9-7-15)11-21-25(30)33-24(29-21)17-4-3-5-19(28)13-17/h3-13H,2,14H2,1H3/b21-11-. The van der Waals surface area contributed by atoms with E-state index in [1.165, 1.54) is 18.2 Å². The number of esters is 1. The molecule has 4 rings (SSSR count). The summed E-state index contributed by atoms with van der Waals surface area (Å²) in [5, 5.41) is 0.654. The molecular weight excluding hydrogens is 513 g/mol. The molecule has 0 N–H and O–H groups in total. The van der Waals surface area contributed by atoms with E-state index in [2.05, 4.69) is 20.9 Å². The number of cyclic esters (lactones) is 1. The topological polar surface area (TPSA) is 57.1 Å². The minimum absolute atomic E-state index is 0.0535.